The predicted molar refractivity (Wildman–Crippen MR) is 74.7 cm³/mol. The van der Waals surface area contributed by atoms with Gasteiger partial charge >= 0.3 is 0 Å². The molecule has 0 aromatic heterocycles. The Morgan fingerprint density at radius 1 is 1.42 bits per heavy atom. The fraction of sp³-hybridized carbons (Fsp3) is 0.500. The summed E-state index contributed by atoms with van der Waals surface area (Å²) in [5.41, 5.74) is 4.54. The molecule has 1 heterocycles. The van der Waals surface area contributed by atoms with Crippen LogP contribution in [0.1, 0.15) is 18.4 Å². The zero-order chi connectivity index (χ0) is 13.8. The van der Waals surface area contributed by atoms with Crippen molar-refractivity contribution in [1.82, 2.24) is 5.43 Å². The first-order valence-electron chi connectivity index (χ1n) is 6.54. The molecule has 0 radical (unpaired) electrons. The van der Waals surface area contributed by atoms with E-state index >= 15 is 0 Å². The van der Waals surface area contributed by atoms with E-state index in [0.717, 1.165) is 25.1 Å². The van der Waals surface area contributed by atoms with Crippen molar-refractivity contribution in [1.29, 1.82) is 0 Å². The fourth-order valence-corrected chi connectivity index (χ4v) is 2.34. The van der Waals surface area contributed by atoms with Crippen LogP contribution >= 0.6 is 0 Å². The van der Waals surface area contributed by atoms with Crippen molar-refractivity contribution in [2.75, 3.05) is 18.5 Å². The van der Waals surface area contributed by atoms with E-state index in [9.17, 15) is 4.79 Å². The molecule has 1 fully saturated rings. The summed E-state index contributed by atoms with van der Waals surface area (Å²) < 4.78 is 5.70. The molecule has 1 saturated heterocycles. The minimum atomic E-state index is -0.401. The number of nitrogens with one attached hydrogen (secondary N) is 1. The summed E-state index contributed by atoms with van der Waals surface area (Å²) >= 11 is 0. The maximum Gasteiger partial charge on any atom is 0.263 e. The van der Waals surface area contributed by atoms with Crippen LogP contribution in [0.2, 0.25) is 0 Å². The summed E-state index contributed by atoms with van der Waals surface area (Å²) in [5.74, 6) is 4.88. The van der Waals surface area contributed by atoms with Crippen LogP contribution in [-0.4, -0.2) is 31.7 Å². The van der Waals surface area contributed by atoms with Crippen LogP contribution in [0.15, 0.2) is 24.3 Å². The second-order valence-corrected chi connectivity index (χ2v) is 5.05. The van der Waals surface area contributed by atoms with Crippen molar-refractivity contribution in [2.24, 2.45) is 5.84 Å². The Hall–Kier alpha value is -1.59. The van der Waals surface area contributed by atoms with Crippen molar-refractivity contribution in [3.63, 3.8) is 0 Å². The van der Waals surface area contributed by atoms with Gasteiger partial charge in [-0.15, -0.1) is 0 Å². The second-order valence-electron chi connectivity index (χ2n) is 5.05. The Morgan fingerprint density at radius 2 is 2.11 bits per heavy atom. The number of rotatable bonds is 4. The second kappa shape index (κ2) is 6.04. The molecule has 1 aromatic carbocycles. The molecule has 1 aliphatic heterocycles. The van der Waals surface area contributed by atoms with Crippen molar-refractivity contribution in [3.05, 3.63) is 29.8 Å². The highest BCUT2D eigenvalue weighted by Crippen LogP contribution is 2.22. The van der Waals surface area contributed by atoms with Crippen molar-refractivity contribution in [3.8, 4) is 0 Å². The predicted octanol–water partition coefficient (Wildman–Crippen LogP) is 0.969. The molecule has 0 saturated carbocycles. The third-order valence-electron chi connectivity index (χ3n) is 3.49. The topological polar surface area (TPSA) is 67.6 Å². The quantitative estimate of drug-likeness (QED) is 0.482. The smallest absolute Gasteiger partial charge is 0.263 e. The number of anilines is 1. The number of ether oxygens (including phenoxy) is 1. The maximum atomic E-state index is 11.4. The third kappa shape index (κ3) is 3.45. The van der Waals surface area contributed by atoms with E-state index in [0.29, 0.717) is 0 Å². The monoisotopic (exact) mass is 263 g/mol. The first kappa shape index (κ1) is 13.8. The molecule has 2 unspecified atom stereocenters. The van der Waals surface area contributed by atoms with Crippen molar-refractivity contribution in [2.45, 2.75) is 32.0 Å². The number of likely N-dealkylation sites (N-methyl/N-ethyl adjacent to an activating group) is 1. The Kier molecular flexibility index (Phi) is 4.39. The lowest BCUT2D eigenvalue weighted by Crippen LogP contribution is -2.40. The summed E-state index contributed by atoms with van der Waals surface area (Å²) in [5, 5.41) is 0. The summed E-state index contributed by atoms with van der Waals surface area (Å²) in [6.45, 7) is 2.84. The van der Waals surface area contributed by atoms with Gasteiger partial charge in [0.2, 0.25) is 0 Å². The summed E-state index contributed by atoms with van der Waals surface area (Å²) in [4.78, 5) is 13.5. The Bertz CT molecular complexity index is 433. The van der Waals surface area contributed by atoms with E-state index in [1.807, 2.05) is 7.05 Å². The Labute approximate surface area is 113 Å². The average Bonchev–Trinajstić information content (AvgIpc) is 2.87. The van der Waals surface area contributed by atoms with Crippen LogP contribution < -0.4 is 16.2 Å². The van der Waals surface area contributed by atoms with Gasteiger partial charge in [-0.3, -0.25) is 10.2 Å². The standard InChI is InChI=1S/C14H21N3O2/c1-10-3-5-11(6-4-10)17(2)9-12-7-8-13(19-12)14(18)16-15/h3-6,12-13H,7-9,15H2,1-2H3,(H,16,18). The number of nitrogens with zero attached hydrogens (tertiary/aromatic N) is 1. The van der Waals surface area contributed by atoms with E-state index in [2.05, 4.69) is 41.5 Å². The normalized spacial score (nSPS) is 22.3. The molecule has 1 aromatic rings. The molecule has 2 rings (SSSR count). The van der Waals surface area contributed by atoms with Gasteiger partial charge in [0, 0.05) is 19.3 Å². The SMILES string of the molecule is Cc1ccc(N(C)CC2CCC(C(=O)NN)O2)cc1. The van der Waals surface area contributed by atoms with E-state index in [-0.39, 0.29) is 12.0 Å². The van der Waals surface area contributed by atoms with Crippen molar-refractivity contribution < 1.29 is 9.53 Å². The molecule has 1 aliphatic rings. The maximum absolute atomic E-state index is 11.4. The van der Waals surface area contributed by atoms with Gasteiger partial charge in [-0.1, -0.05) is 17.7 Å². The highest BCUT2D eigenvalue weighted by molar-refractivity contribution is 5.80. The van der Waals surface area contributed by atoms with Gasteiger partial charge in [-0.2, -0.15) is 0 Å². The molecule has 0 spiro atoms. The fourth-order valence-electron chi connectivity index (χ4n) is 2.34. The molecule has 0 aliphatic carbocycles. The van der Waals surface area contributed by atoms with Crippen molar-refractivity contribution >= 4 is 11.6 Å². The molecule has 19 heavy (non-hydrogen) atoms. The molecule has 5 heteroatoms. The lowest BCUT2D eigenvalue weighted by molar-refractivity contribution is -0.131. The highest BCUT2D eigenvalue weighted by atomic mass is 16.5. The molecular weight excluding hydrogens is 242 g/mol. The van der Waals surface area contributed by atoms with E-state index < -0.39 is 6.10 Å². The molecular formula is C14H21N3O2. The zero-order valence-corrected chi connectivity index (χ0v) is 11.4. The number of carbonyl (C=O) groups is 1. The van der Waals surface area contributed by atoms with Gasteiger partial charge in [0.1, 0.15) is 6.10 Å². The summed E-state index contributed by atoms with van der Waals surface area (Å²) in [7, 11) is 2.03. The number of carbonyl (C=O) groups excluding carboxylic acids is 1. The van der Waals surface area contributed by atoms with Crippen LogP contribution in [0, 0.1) is 6.92 Å². The summed E-state index contributed by atoms with van der Waals surface area (Å²) in [6.07, 6.45) is 1.29. The first-order valence-corrected chi connectivity index (χ1v) is 6.54. The van der Waals surface area contributed by atoms with E-state index in [1.165, 1.54) is 5.56 Å². The number of amides is 1. The third-order valence-corrected chi connectivity index (χ3v) is 3.49. The average molecular weight is 263 g/mol. The van der Waals surface area contributed by atoms with Crippen LogP contribution in [0.5, 0.6) is 0 Å². The van der Waals surface area contributed by atoms with Gasteiger partial charge in [-0.25, -0.2) is 5.84 Å². The minimum Gasteiger partial charge on any atom is -0.372 e. The zero-order valence-electron chi connectivity index (χ0n) is 11.4. The highest BCUT2D eigenvalue weighted by Gasteiger charge is 2.30. The van der Waals surface area contributed by atoms with Crippen LogP contribution in [0.4, 0.5) is 5.69 Å². The number of nitrogens with two attached hydrogens (primary N) is 1. The Balaban J connectivity index is 1.88. The van der Waals surface area contributed by atoms with Gasteiger partial charge in [-0.05, 0) is 31.9 Å². The molecule has 2 atom stereocenters. The molecule has 3 N–H and O–H groups in total. The van der Waals surface area contributed by atoms with E-state index in [1.54, 1.807) is 0 Å². The lowest BCUT2D eigenvalue weighted by Gasteiger charge is -2.23. The minimum absolute atomic E-state index is 0.0774. The van der Waals surface area contributed by atoms with Gasteiger partial charge < -0.3 is 9.64 Å². The molecule has 104 valence electrons. The first-order chi connectivity index (χ1) is 9.10. The Morgan fingerprint density at radius 3 is 2.74 bits per heavy atom. The molecule has 5 nitrogen and oxygen atoms in total. The van der Waals surface area contributed by atoms with Gasteiger partial charge in [0.15, 0.2) is 0 Å². The van der Waals surface area contributed by atoms with Gasteiger partial charge in [0.25, 0.3) is 5.91 Å². The number of hydrogen-bond acceptors (Lipinski definition) is 4. The van der Waals surface area contributed by atoms with Crippen LogP contribution in [0.25, 0.3) is 0 Å². The number of aryl methyl sites for hydroxylation is 1. The number of benzene rings is 1. The van der Waals surface area contributed by atoms with Gasteiger partial charge in [0.05, 0.1) is 6.10 Å². The summed E-state index contributed by atoms with van der Waals surface area (Å²) in [6, 6.07) is 8.36. The number of hydrogen-bond donors (Lipinski definition) is 2. The van der Waals surface area contributed by atoms with Crippen LogP contribution in [-0.2, 0) is 9.53 Å². The molecule has 0 bridgehead atoms. The van der Waals surface area contributed by atoms with Crippen LogP contribution in [0.3, 0.4) is 0 Å². The van der Waals surface area contributed by atoms with E-state index in [4.69, 9.17) is 10.6 Å². The molecule has 1 amide bonds. The lowest BCUT2D eigenvalue weighted by atomic mass is 10.1. The number of hydrazine groups is 1. The largest absolute Gasteiger partial charge is 0.372 e.